The normalized spacial score (nSPS) is 13.6. The van der Waals surface area contributed by atoms with Crippen LogP contribution in [-0.4, -0.2) is 15.9 Å². The monoisotopic (exact) mass is 401 g/mol. The number of aromatic nitrogens is 2. The Morgan fingerprint density at radius 2 is 2.15 bits per heavy atom. The lowest BCUT2D eigenvalue weighted by atomic mass is 9.97. The van der Waals surface area contributed by atoms with Crippen LogP contribution in [0.25, 0.3) is 10.2 Å². The number of benzene rings is 1. The van der Waals surface area contributed by atoms with Gasteiger partial charge in [0, 0.05) is 28.4 Å². The number of amides is 1. The molecule has 2 aromatic heterocycles. The van der Waals surface area contributed by atoms with Gasteiger partial charge < -0.3 is 10.3 Å². The molecule has 0 bridgehead atoms. The Kier molecular flexibility index (Phi) is 5.02. The number of hydrogen-bond acceptors (Lipinski definition) is 4. The lowest BCUT2D eigenvalue weighted by molar-refractivity contribution is -0.116. The zero-order chi connectivity index (χ0) is 19.0. The van der Waals surface area contributed by atoms with Crippen molar-refractivity contribution in [3.63, 3.8) is 0 Å². The molecular weight excluding hydrogens is 382 g/mol. The molecule has 27 heavy (non-hydrogen) atoms. The Hall–Kier alpha value is -2.18. The number of aromatic amines is 1. The molecule has 2 heterocycles. The van der Waals surface area contributed by atoms with E-state index >= 15 is 0 Å². The van der Waals surface area contributed by atoms with Crippen molar-refractivity contribution in [3.8, 4) is 0 Å². The van der Waals surface area contributed by atoms with Crippen LogP contribution in [0, 0.1) is 6.92 Å². The average Bonchev–Trinajstić information content (AvgIpc) is 3.02. The third-order valence-electron chi connectivity index (χ3n) is 4.94. The maximum atomic E-state index is 12.5. The number of carbonyl (C=O) groups is 1. The number of hydrogen-bond donors (Lipinski definition) is 2. The summed E-state index contributed by atoms with van der Waals surface area (Å²) in [6.07, 6.45) is 4.93. The molecule has 0 unspecified atom stereocenters. The Labute approximate surface area is 165 Å². The first kappa shape index (κ1) is 18.2. The number of carbonyl (C=O) groups excluding carboxylic acids is 1. The molecule has 0 saturated carbocycles. The predicted octanol–water partition coefficient (Wildman–Crippen LogP) is 4.40. The van der Waals surface area contributed by atoms with Crippen LogP contribution in [0.5, 0.6) is 0 Å². The molecule has 1 aliphatic carbocycles. The molecule has 0 spiro atoms. The number of nitrogens with zero attached hydrogens (tertiary/aromatic N) is 1. The second-order valence-electron chi connectivity index (χ2n) is 6.91. The molecule has 0 aliphatic heterocycles. The predicted molar refractivity (Wildman–Crippen MR) is 110 cm³/mol. The fraction of sp³-hybridized carbons (Fsp3) is 0.350. The molecular formula is C20H20ClN3O2S. The molecule has 0 fully saturated rings. The van der Waals surface area contributed by atoms with Gasteiger partial charge in [-0.25, -0.2) is 4.98 Å². The summed E-state index contributed by atoms with van der Waals surface area (Å²) in [5.74, 6) is 0.428. The van der Waals surface area contributed by atoms with Gasteiger partial charge >= 0.3 is 0 Å². The topological polar surface area (TPSA) is 74.8 Å². The van der Waals surface area contributed by atoms with E-state index in [4.69, 9.17) is 11.6 Å². The van der Waals surface area contributed by atoms with Crippen LogP contribution >= 0.6 is 22.9 Å². The van der Waals surface area contributed by atoms with E-state index in [1.54, 1.807) is 23.5 Å². The summed E-state index contributed by atoms with van der Waals surface area (Å²) < 4.78 is 0. The van der Waals surface area contributed by atoms with Crippen LogP contribution in [0.1, 0.15) is 41.1 Å². The highest BCUT2D eigenvalue weighted by Gasteiger charge is 2.20. The van der Waals surface area contributed by atoms with E-state index in [2.05, 4.69) is 15.3 Å². The molecule has 4 rings (SSSR count). The number of anilines is 1. The van der Waals surface area contributed by atoms with Crippen molar-refractivity contribution in [1.82, 2.24) is 9.97 Å². The van der Waals surface area contributed by atoms with E-state index in [1.807, 2.05) is 13.0 Å². The first-order chi connectivity index (χ1) is 13.0. The summed E-state index contributed by atoms with van der Waals surface area (Å²) >= 11 is 7.61. The third-order valence-corrected chi connectivity index (χ3v) is 6.36. The molecule has 1 amide bonds. The average molecular weight is 402 g/mol. The molecule has 140 valence electrons. The van der Waals surface area contributed by atoms with Crippen LogP contribution < -0.4 is 10.9 Å². The van der Waals surface area contributed by atoms with E-state index in [0.29, 0.717) is 23.0 Å². The summed E-state index contributed by atoms with van der Waals surface area (Å²) in [7, 11) is 0. The number of rotatable bonds is 4. The van der Waals surface area contributed by atoms with Gasteiger partial charge in [0.25, 0.3) is 5.56 Å². The number of H-pyrrole nitrogens is 1. The molecule has 0 saturated heterocycles. The number of halogens is 1. The zero-order valence-electron chi connectivity index (χ0n) is 15.0. The van der Waals surface area contributed by atoms with E-state index in [0.717, 1.165) is 35.0 Å². The van der Waals surface area contributed by atoms with E-state index in [-0.39, 0.29) is 17.9 Å². The van der Waals surface area contributed by atoms with E-state index < -0.39 is 0 Å². The van der Waals surface area contributed by atoms with Crippen molar-refractivity contribution in [2.75, 3.05) is 5.32 Å². The first-order valence-corrected chi connectivity index (χ1v) is 10.3. The number of nitrogens with one attached hydrogen (secondary N) is 2. The second-order valence-corrected chi connectivity index (χ2v) is 8.43. The van der Waals surface area contributed by atoms with Crippen molar-refractivity contribution in [3.05, 3.63) is 55.4 Å². The lowest BCUT2D eigenvalue weighted by Gasteiger charge is -2.09. The van der Waals surface area contributed by atoms with Crippen LogP contribution in [0.3, 0.4) is 0 Å². The van der Waals surface area contributed by atoms with Crippen LogP contribution in [0.4, 0.5) is 5.69 Å². The van der Waals surface area contributed by atoms with Gasteiger partial charge in [0.2, 0.25) is 5.91 Å². The zero-order valence-corrected chi connectivity index (χ0v) is 16.6. The maximum absolute atomic E-state index is 12.5. The molecule has 2 N–H and O–H groups in total. The van der Waals surface area contributed by atoms with Gasteiger partial charge in [0.05, 0.1) is 5.39 Å². The highest BCUT2D eigenvalue weighted by molar-refractivity contribution is 7.18. The van der Waals surface area contributed by atoms with Crippen LogP contribution in [-0.2, 0) is 24.1 Å². The highest BCUT2D eigenvalue weighted by Crippen LogP contribution is 2.33. The largest absolute Gasteiger partial charge is 0.326 e. The molecule has 1 aromatic carbocycles. The van der Waals surface area contributed by atoms with Crippen molar-refractivity contribution in [2.24, 2.45) is 0 Å². The van der Waals surface area contributed by atoms with Gasteiger partial charge in [0.15, 0.2) is 0 Å². The van der Waals surface area contributed by atoms with Gasteiger partial charge in [-0.15, -0.1) is 11.3 Å². The molecule has 1 aliphatic rings. The molecule has 5 nitrogen and oxygen atoms in total. The summed E-state index contributed by atoms with van der Waals surface area (Å²) in [6, 6.07) is 5.39. The van der Waals surface area contributed by atoms with Crippen LogP contribution in [0.15, 0.2) is 23.0 Å². The second kappa shape index (κ2) is 7.44. The smallest absolute Gasteiger partial charge is 0.259 e. The van der Waals surface area contributed by atoms with Gasteiger partial charge in [-0.05, 0) is 55.9 Å². The van der Waals surface area contributed by atoms with Gasteiger partial charge in [-0.2, -0.15) is 0 Å². The molecule has 3 aromatic rings. The summed E-state index contributed by atoms with van der Waals surface area (Å²) in [6.45, 7) is 1.91. The van der Waals surface area contributed by atoms with Gasteiger partial charge in [0.1, 0.15) is 10.7 Å². The number of thiophene rings is 1. The molecule has 0 atom stereocenters. The standard InChI is InChI=1S/C20H20ClN3O2S/c1-11-6-7-12(21)10-14(11)22-17(25)9-8-16-23-19(26)18-13-4-2-3-5-15(13)27-20(18)24-16/h6-7,10H,2-5,8-9H2,1H3,(H,22,25)(H,23,24,26). The highest BCUT2D eigenvalue weighted by atomic mass is 35.5. The minimum atomic E-state index is -0.131. The molecule has 7 heteroatoms. The summed E-state index contributed by atoms with van der Waals surface area (Å²) in [4.78, 5) is 34.4. The van der Waals surface area contributed by atoms with E-state index in [9.17, 15) is 9.59 Å². The Bertz CT molecular complexity index is 1090. The summed E-state index contributed by atoms with van der Waals surface area (Å²) in [5, 5.41) is 4.20. The minimum Gasteiger partial charge on any atom is -0.326 e. The third kappa shape index (κ3) is 3.77. The lowest BCUT2D eigenvalue weighted by Crippen LogP contribution is -2.17. The fourth-order valence-electron chi connectivity index (χ4n) is 3.50. The number of fused-ring (bicyclic) bond motifs is 3. The first-order valence-electron chi connectivity index (χ1n) is 9.10. The quantitative estimate of drug-likeness (QED) is 0.680. The fourth-order valence-corrected chi connectivity index (χ4v) is 4.95. The molecule has 0 radical (unpaired) electrons. The van der Waals surface area contributed by atoms with E-state index in [1.165, 1.54) is 16.9 Å². The van der Waals surface area contributed by atoms with Crippen molar-refractivity contribution in [2.45, 2.75) is 45.4 Å². The van der Waals surface area contributed by atoms with Gasteiger partial charge in [-0.3, -0.25) is 9.59 Å². The number of aryl methyl sites for hydroxylation is 4. The maximum Gasteiger partial charge on any atom is 0.259 e. The Balaban J connectivity index is 1.49. The van der Waals surface area contributed by atoms with Crippen LogP contribution in [0.2, 0.25) is 5.02 Å². The van der Waals surface area contributed by atoms with Gasteiger partial charge in [-0.1, -0.05) is 17.7 Å². The Morgan fingerprint density at radius 1 is 1.33 bits per heavy atom. The van der Waals surface area contributed by atoms with Crippen molar-refractivity contribution >= 4 is 44.7 Å². The van der Waals surface area contributed by atoms with Crippen molar-refractivity contribution < 1.29 is 4.79 Å². The minimum absolute atomic E-state index is 0.0829. The Morgan fingerprint density at radius 3 is 3.00 bits per heavy atom. The SMILES string of the molecule is Cc1ccc(Cl)cc1NC(=O)CCc1nc2sc3c(c2c(=O)[nH]1)CCCC3. The van der Waals surface area contributed by atoms with Crippen molar-refractivity contribution in [1.29, 1.82) is 0 Å². The summed E-state index contributed by atoms with van der Waals surface area (Å²) in [5.41, 5.74) is 2.75.